The van der Waals surface area contributed by atoms with E-state index in [1.807, 2.05) is 0 Å². The summed E-state index contributed by atoms with van der Waals surface area (Å²) < 4.78 is 32.7. The molecule has 28 heavy (non-hydrogen) atoms. The zero-order valence-electron chi connectivity index (χ0n) is 15.8. The lowest BCUT2D eigenvalue weighted by molar-refractivity contribution is 0.0754. The molecule has 0 aromatic carbocycles. The maximum Gasteiger partial charge on any atom is 0.311 e. The number of H-pyrrole nitrogens is 1. The van der Waals surface area contributed by atoms with Crippen LogP contribution >= 0.6 is 0 Å². The molecule has 11 heteroatoms. The first-order valence-corrected chi connectivity index (χ1v) is 11.0. The van der Waals surface area contributed by atoms with Crippen LogP contribution in [0.25, 0.3) is 11.6 Å². The number of nitrogens with zero attached hydrogens (tertiary/aromatic N) is 5. The van der Waals surface area contributed by atoms with Gasteiger partial charge in [0, 0.05) is 45.5 Å². The molecular formula is C17H24N6O4S. The second-order valence-electron chi connectivity index (χ2n) is 7.00. The van der Waals surface area contributed by atoms with Crippen LogP contribution in [0.1, 0.15) is 30.5 Å². The van der Waals surface area contributed by atoms with Crippen molar-refractivity contribution in [3.63, 3.8) is 0 Å². The number of amides is 1. The number of carbonyl (C=O) groups is 1. The van der Waals surface area contributed by atoms with Crippen molar-refractivity contribution in [1.82, 2.24) is 29.3 Å². The number of aromatic amines is 1. The third kappa shape index (κ3) is 3.56. The summed E-state index contributed by atoms with van der Waals surface area (Å²) in [5, 5.41) is 7.72. The maximum absolute atomic E-state index is 12.9. The van der Waals surface area contributed by atoms with Gasteiger partial charge in [0.05, 0.1) is 0 Å². The predicted molar refractivity (Wildman–Crippen MR) is 100 cm³/mol. The highest BCUT2D eigenvalue weighted by molar-refractivity contribution is 7.89. The van der Waals surface area contributed by atoms with E-state index in [0.717, 1.165) is 32.5 Å². The molecule has 0 aliphatic carbocycles. The molecule has 10 nitrogen and oxygen atoms in total. The Hall–Kier alpha value is -2.24. The molecule has 1 amide bonds. The molecule has 2 saturated heterocycles. The van der Waals surface area contributed by atoms with Crippen LogP contribution in [0.4, 0.5) is 0 Å². The summed E-state index contributed by atoms with van der Waals surface area (Å²) in [6.07, 6.45) is 3.36. The molecule has 0 spiro atoms. The summed E-state index contributed by atoms with van der Waals surface area (Å²) in [4.78, 5) is 19.2. The number of nitrogens with one attached hydrogen (secondary N) is 1. The van der Waals surface area contributed by atoms with E-state index in [4.69, 9.17) is 4.42 Å². The van der Waals surface area contributed by atoms with Crippen LogP contribution in [-0.4, -0.2) is 89.4 Å². The van der Waals surface area contributed by atoms with Gasteiger partial charge in [0.15, 0.2) is 0 Å². The van der Waals surface area contributed by atoms with Crippen molar-refractivity contribution >= 4 is 15.9 Å². The average Bonchev–Trinajstić information content (AvgIpc) is 3.48. The van der Waals surface area contributed by atoms with Gasteiger partial charge in [-0.15, -0.1) is 10.2 Å². The number of rotatable bonds is 5. The normalized spacial score (nSPS) is 19.4. The summed E-state index contributed by atoms with van der Waals surface area (Å²) in [6.45, 7) is 6.72. The smallest absolute Gasteiger partial charge is 0.311 e. The van der Waals surface area contributed by atoms with E-state index in [9.17, 15) is 13.2 Å². The Bertz CT molecular complexity index is 939. The minimum Gasteiger partial charge on any atom is -0.411 e. The largest absolute Gasteiger partial charge is 0.411 e. The lowest BCUT2D eigenvalue weighted by atomic mass is 10.4. The van der Waals surface area contributed by atoms with Crippen molar-refractivity contribution in [2.75, 3.05) is 45.8 Å². The first-order valence-electron chi connectivity index (χ1n) is 9.53. The van der Waals surface area contributed by atoms with Gasteiger partial charge in [0.2, 0.25) is 10.0 Å². The van der Waals surface area contributed by atoms with Gasteiger partial charge in [0.1, 0.15) is 10.6 Å². The van der Waals surface area contributed by atoms with Gasteiger partial charge in [0.25, 0.3) is 5.89 Å². The Labute approximate surface area is 163 Å². The molecule has 4 rings (SSSR count). The summed E-state index contributed by atoms with van der Waals surface area (Å²) in [5.74, 6) is -0.268. The third-order valence-corrected chi connectivity index (χ3v) is 7.18. The molecule has 0 unspecified atom stereocenters. The number of carbonyl (C=O) groups excluding carboxylic acids is 1. The third-order valence-electron chi connectivity index (χ3n) is 5.30. The molecular weight excluding hydrogens is 384 g/mol. The second kappa shape index (κ2) is 7.64. The molecule has 152 valence electrons. The monoisotopic (exact) mass is 408 g/mol. The molecule has 2 fully saturated rings. The molecule has 2 aliphatic rings. The SMILES string of the molecule is CCN1CCN(S(=O)(=O)c2c[nH]c(-c3nnc(C(=O)N4CCCC4)o3)c2)CC1. The van der Waals surface area contributed by atoms with Crippen molar-refractivity contribution in [1.29, 1.82) is 0 Å². The van der Waals surface area contributed by atoms with Crippen molar-refractivity contribution < 1.29 is 17.6 Å². The number of aromatic nitrogens is 3. The first-order chi connectivity index (χ1) is 13.5. The second-order valence-corrected chi connectivity index (χ2v) is 8.94. The zero-order chi connectivity index (χ0) is 19.7. The van der Waals surface area contributed by atoms with Crippen molar-refractivity contribution in [3.05, 3.63) is 18.2 Å². The fourth-order valence-corrected chi connectivity index (χ4v) is 4.97. The van der Waals surface area contributed by atoms with Gasteiger partial charge < -0.3 is 19.2 Å². The molecule has 0 saturated carbocycles. The highest BCUT2D eigenvalue weighted by atomic mass is 32.2. The van der Waals surface area contributed by atoms with E-state index in [1.165, 1.54) is 16.6 Å². The van der Waals surface area contributed by atoms with Gasteiger partial charge in [-0.1, -0.05) is 6.92 Å². The minimum atomic E-state index is -3.59. The Morgan fingerprint density at radius 2 is 1.86 bits per heavy atom. The zero-order valence-corrected chi connectivity index (χ0v) is 16.6. The highest BCUT2D eigenvalue weighted by Gasteiger charge is 2.30. The lowest BCUT2D eigenvalue weighted by Gasteiger charge is -2.32. The van der Waals surface area contributed by atoms with Gasteiger partial charge in [-0.3, -0.25) is 4.79 Å². The van der Waals surface area contributed by atoms with E-state index < -0.39 is 10.0 Å². The predicted octanol–water partition coefficient (Wildman–Crippen LogP) is 0.627. The van der Waals surface area contributed by atoms with Crippen LogP contribution < -0.4 is 0 Å². The van der Waals surface area contributed by atoms with Crippen LogP contribution in [0, 0.1) is 0 Å². The van der Waals surface area contributed by atoms with E-state index in [2.05, 4.69) is 27.0 Å². The highest BCUT2D eigenvalue weighted by Crippen LogP contribution is 2.24. The van der Waals surface area contributed by atoms with E-state index >= 15 is 0 Å². The fourth-order valence-electron chi connectivity index (χ4n) is 3.56. The molecule has 2 aromatic heterocycles. The Kier molecular flexibility index (Phi) is 5.21. The quantitative estimate of drug-likeness (QED) is 0.771. The fraction of sp³-hybridized carbons (Fsp3) is 0.588. The molecule has 4 heterocycles. The average molecular weight is 408 g/mol. The van der Waals surface area contributed by atoms with Crippen molar-refractivity contribution in [2.45, 2.75) is 24.7 Å². The number of piperazine rings is 1. The van der Waals surface area contributed by atoms with Crippen LogP contribution in [0.3, 0.4) is 0 Å². The molecule has 2 aliphatic heterocycles. The van der Waals surface area contributed by atoms with Crippen LogP contribution in [0.15, 0.2) is 21.6 Å². The number of sulfonamides is 1. The molecule has 0 bridgehead atoms. The Morgan fingerprint density at radius 3 is 2.54 bits per heavy atom. The van der Waals surface area contributed by atoms with Gasteiger partial charge in [-0.25, -0.2) is 8.42 Å². The minimum absolute atomic E-state index is 0.0772. The summed E-state index contributed by atoms with van der Waals surface area (Å²) in [5.41, 5.74) is 0.374. The number of hydrogen-bond donors (Lipinski definition) is 1. The molecule has 2 aromatic rings. The molecule has 0 radical (unpaired) electrons. The van der Waals surface area contributed by atoms with Gasteiger partial charge in [-0.05, 0) is 25.5 Å². The van der Waals surface area contributed by atoms with Crippen LogP contribution in [0.5, 0.6) is 0 Å². The van der Waals surface area contributed by atoms with Gasteiger partial charge >= 0.3 is 11.8 Å². The number of likely N-dealkylation sites (N-methyl/N-ethyl adjacent to an activating group) is 1. The van der Waals surface area contributed by atoms with Crippen LogP contribution in [0.2, 0.25) is 0 Å². The van der Waals surface area contributed by atoms with E-state index in [-0.39, 0.29) is 22.6 Å². The summed E-state index contributed by atoms with van der Waals surface area (Å²) >= 11 is 0. The lowest BCUT2D eigenvalue weighted by Crippen LogP contribution is -2.48. The van der Waals surface area contributed by atoms with E-state index in [0.29, 0.717) is 31.9 Å². The van der Waals surface area contributed by atoms with Crippen LogP contribution in [-0.2, 0) is 10.0 Å². The van der Waals surface area contributed by atoms with Crippen molar-refractivity contribution in [2.24, 2.45) is 0 Å². The maximum atomic E-state index is 12.9. The number of hydrogen-bond acceptors (Lipinski definition) is 7. The molecule has 0 atom stereocenters. The first kappa shape index (κ1) is 19.1. The topological polar surface area (TPSA) is 116 Å². The molecule has 1 N–H and O–H groups in total. The Morgan fingerprint density at radius 1 is 1.14 bits per heavy atom. The van der Waals surface area contributed by atoms with Gasteiger partial charge in [-0.2, -0.15) is 4.31 Å². The number of likely N-dealkylation sites (tertiary alicyclic amines) is 1. The van der Waals surface area contributed by atoms with E-state index in [1.54, 1.807) is 4.90 Å². The standard InChI is InChI=1S/C17H24N6O4S/c1-2-21-7-9-23(10-8-21)28(25,26)13-11-14(18-12-13)15-19-20-16(27-15)17(24)22-5-3-4-6-22/h11-12,18H,2-10H2,1H3. The Balaban J connectivity index is 1.49. The summed E-state index contributed by atoms with van der Waals surface area (Å²) in [6, 6.07) is 1.47. The van der Waals surface area contributed by atoms with Crippen molar-refractivity contribution in [3.8, 4) is 11.6 Å². The summed E-state index contributed by atoms with van der Waals surface area (Å²) in [7, 11) is -3.59.